The van der Waals surface area contributed by atoms with E-state index in [9.17, 15) is 4.79 Å². The molecule has 1 aromatic rings. The lowest BCUT2D eigenvalue weighted by Gasteiger charge is -2.18. The minimum Gasteiger partial charge on any atom is -0.460 e. The molecule has 0 amide bonds. The summed E-state index contributed by atoms with van der Waals surface area (Å²) < 4.78 is 5.15. The molecule has 13 heavy (non-hydrogen) atoms. The zero-order valence-corrected chi connectivity index (χ0v) is 8.85. The van der Waals surface area contributed by atoms with E-state index in [1.165, 1.54) is 11.3 Å². The van der Waals surface area contributed by atoms with Crippen molar-refractivity contribution in [1.82, 2.24) is 4.98 Å². The van der Waals surface area contributed by atoms with Gasteiger partial charge < -0.3 is 4.74 Å². The molecule has 0 atom stereocenters. The van der Waals surface area contributed by atoms with Crippen LogP contribution in [0.25, 0.3) is 0 Å². The van der Waals surface area contributed by atoms with E-state index in [0.29, 0.717) is 6.42 Å². The van der Waals surface area contributed by atoms with Gasteiger partial charge in [-0.05, 0) is 20.8 Å². The average molecular weight is 199 g/mol. The van der Waals surface area contributed by atoms with Gasteiger partial charge >= 0.3 is 5.97 Å². The molecule has 0 spiro atoms. The van der Waals surface area contributed by atoms with Gasteiger partial charge in [-0.2, -0.15) is 0 Å². The van der Waals surface area contributed by atoms with Gasteiger partial charge in [0.2, 0.25) is 0 Å². The van der Waals surface area contributed by atoms with Gasteiger partial charge in [-0.15, -0.1) is 11.3 Å². The summed E-state index contributed by atoms with van der Waals surface area (Å²) in [6.07, 6.45) is 2.01. The normalized spacial score (nSPS) is 11.3. The SMILES string of the molecule is CC(C)(C)OC(=O)Cc1cncs1. The highest BCUT2D eigenvalue weighted by molar-refractivity contribution is 7.09. The number of carbonyl (C=O) groups is 1. The smallest absolute Gasteiger partial charge is 0.311 e. The van der Waals surface area contributed by atoms with Crippen LogP contribution in [-0.4, -0.2) is 16.6 Å². The van der Waals surface area contributed by atoms with E-state index in [2.05, 4.69) is 4.98 Å². The molecule has 0 unspecified atom stereocenters. The summed E-state index contributed by atoms with van der Waals surface area (Å²) in [6.45, 7) is 5.58. The number of hydrogen-bond acceptors (Lipinski definition) is 4. The second-order valence-electron chi connectivity index (χ2n) is 3.73. The van der Waals surface area contributed by atoms with Gasteiger partial charge in [0.25, 0.3) is 0 Å². The first-order chi connectivity index (χ1) is 5.97. The summed E-state index contributed by atoms with van der Waals surface area (Å²) in [5.41, 5.74) is 1.31. The summed E-state index contributed by atoms with van der Waals surface area (Å²) >= 11 is 1.47. The Morgan fingerprint density at radius 2 is 2.31 bits per heavy atom. The molecular formula is C9H13NO2S. The van der Waals surface area contributed by atoms with Crippen LogP contribution in [0.5, 0.6) is 0 Å². The maximum atomic E-state index is 11.3. The van der Waals surface area contributed by atoms with Crippen molar-refractivity contribution in [3.63, 3.8) is 0 Å². The molecule has 72 valence electrons. The van der Waals surface area contributed by atoms with Crippen molar-refractivity contribution < 1.29 is 9.53 Å². The average Bonchev–Trinajstić information content (AvgIpc) is 2.34. The van der Waals surface area contributed by atoms with Gasteiger partial charge in [0.15, 0.2) is 0 Å². The Morgan fingerprint density at radius 1 is 1.62 bits per heavy atom. The molecule has 0 fully saturated rings. The van der Waals surface area contributed by atoms with Crippen LogP contribution in [-0.2, 0) is 16.0 Å². The lowest BCUT2D eigenvalue weighted by Crippen LogP contribution is -2.24. The minimum absolute atomic E-state index is 0.197. The largest absolute Gasteiger partial charge is 0.460 e. The zero-order valence-electron chi connectivity index (χ0n) is 8.03. The van der Waals surface area contributed by atoms with E-state index in [1.54, 1.807) is 11.7 Å². The highest BCUT2D eigenvalue weighted by Crippen LogP contribution is 2.11. The van der Waals surface area contributed by atoms with Crippen LogP contribution in [0.1, 0.15) is 25.6 Å². The monoisotopic (exact) mass is 199 g/mol. The molecular weight excluding hydrogens is 186 g/mol. The summed E-state index contributed by atoms with van der Waals surface area (Å²) in [5, 5.41) is 0. The van der Waals surface area contributed by atoms with Crippen molar-refractivity contribution in [3.8, 4) is 0 Å². The Hall–Kier alpha value is -0.900. The predicted octanol–water partition coefficient (Wildman–Crippen LogP) is 2.03. The van der Waals surface area contributed by atoms with Crippen molar-refractivity contribution in [1.29, 1.82) is 0 Å². The lowest BCUT2D eigenvalue weighted by atomic mass is 10.2. The molecule has 4 heteroatoms. The molecule has 0 radical (unpaired) electrons. The number of esters is 1. The molecule has 0 saturated carbocycles. The van der Waals surface area contributed by atoms with E-state index in [1.807, 2.05) is 20.8 Å². The molecule has 3 nitrogen and oxygen atoms in total. The molecule has 0 N–H and O–H groups in total. The summed E-state index contributed by atoms with van der Waals surface area (Å²) in [7, 11) is 0. The standard InChI is InChI=1S/C9H13NO2S/c1-9(2,3)12-8(11)4-7-5-10-6-13-7/h5-6H,4H2,1-3H3. The Balaban J connectivity index is 2.43. The second-order valence-corrected chi connectivity index (χ2v) is 4.70. The molecule has 1 heterocycles. The van der Waals surface area contributed by atoms with Crippen LogP contribution in [0.4, 0.5) is 0 Å². The second kappa shape index (κ2) is 3.87. The third-order valence-electron chi connectivity index (χ3n) is 1.22. The topological polar surface area (TPSA) is 39.2 Å². The van der Waals surface area contributed by atoms with Crippen LogP contribution >= 0.6 is 11.3 Å². The number of rotatable bonds is 2. The zero-order chi connectivity index (χ0) is 9.90. The van der Waals surface area contributed by atoms with E-state index >= 15 is 0 Å². The molecule has 1 rings (SSSR count). The maximum Gasteiger partial charge on any atom is 0.311 e. The summed E-state index contributed by atoms with van der Waals surface area (Å²) in [5.74, 6) is -0.197. The molecule has 0 aromatic carbocycles. The molecule has 0 aliphatic carbocycles. The van der Waals surface area contributed by atoms with Crippen molar-refractivity contribution in [2.24, 2.45) is 0 Å². The molecule has 0 aliphatic rings. The molecule has 0 saturated heterocycles. The minimum atomic E-state index is -0.401. The number of ether oxygens (including phenoxy) is 1. The van der Waals surface area contributed by atoms with Gasteiger partial charge in [0, 0.05) is 11.1 Å². The number of carbonyl (C=O) groups excluding carboxylic acids is 1. The lowest BCUT2D eigenvalue weighted by molar-refractivity contribution is -0.153. The molecule has 0 aliphatic heterocycles. The van der Waals surface area contributed by atoms with E-state index in [4.69, 9.17) is 4.74 Å². The van der Waals surface area contributed by atoms with Crippen molar-refractivity contribution in [2.45, 2.75) is 32.8 Å². The van der Waals surface area contributed by atoms with Crippen molar-refractivity contribution >= 4 is 17.3 Å². The highest BCUT2D eigenvalue weighted by Gasteiger charge is 2.16. The van der Waals surface area contributed by atoms with E-state index in [-0.39, 0.29) is 5.97 Å². The fourth-order valence-corrected chi connectivity index (χ4v) is 1.43. The first-order valence-corrected chi connectivity index (χ1v) is 4.94. The van der Waals surface area contributed by atoms with Crippen LogP contribution in [0.3, 0.4) is 0 Å². The number of nitrogens with zero attached hydrogens (tertiary/aromatic N) is 1. The Morgan fingerprint density at radius 3 is 2.77 bits per heavy atom. The number of aromatic nitrogens is 1. The molecule has 1 aromatic heterocycles. The van der Waals surface area contributed by atoms with E-state index in [0.717, 1.165) is 4.88 Å². The van der Waals surface area contributed by atoms with Gasteiger partial charge in [-0.1, -0.05) is 0 Å². The van der Waals surface area contributed by atoms with Gasteiger partial charge in [-0.3, -0.25) is 9.78 Å². The third kappa shape index (κ3) is 4.03. The van der Waals surface area contributed by atoms with Crippen molar-refractivity contribution in [3.05, 3.63) is 16.6 Å². The Labute approximate surface area is 81.8 Å². The fourth-order valence-electron chi connectivity index (χ4n) is 0.849. The number of hydrogen-bond donors (Lipinski definition) is 0. The summed E-state index contributed by atoms with van der Waals surface area (Å²) in [6, 6.07) is 0. The first-order valence-electron chi connectivity index (χ1n) is 4.06. The number of thiazole rings is 1. The maximum absolute atomic E-state index is 11.3. The van der Waals surface area contributed by atoms with Gasteiger partial charge in [0.05, 0.1) is 11.9 Å². The Bertz CT molecular complexity index is 274. The van der Waals surface area contributed by atoms with Gasteiger partial charge in [0.1, 0.15) is 5.60 Å². The quantitative estimate of drug-likeness (QED) is 0.684. The third-order valence-corrected chi connectivity index (χ3v) is 2.00. The van der Waals surface area contributed by atoms with E-state index < -0.39 is 5.60 Å². The predicted molar refractivity (Wildman–Crippen MR) is 51.7 cm³/mol. The van der Waals surface area contributed by atoms with Crippen LogP contribution in [0, 0.1) is 0 Å². The Kier molecular flexibility index (Phi) is 3.03. The highest BCUT2D eigenvalue weighted by atomic mass is 32.1. The van der Waals surface area contributed by atoms with Crippen LogP contribution in [0.15, 0.2) is 11.7 Å². The molecule has 0 bridgehead atoms. The fraction of sp³-hybridized carbons (Fsp3) is 0.556. The van der Waals surface area contributed by atoms with Crippen LogP contribution in [0.2, 0.25) is 0 Å². The van der Waals surface area contributed by atoms with Gasteiger partial charge in [-0.25, -0.2) is 0 Å². The van der Waals surface area contributed by atoms with Crippen LogP contribution < -0.4 is 0 Å². The summed E-state index contributed by atoms with van der Waals surface area (Å²) in [4.78, 5) is 16.1. The van der Waals surface area contributed by atoms with Crippen molar-refractivity contribution in [2.75, 3.05) is 0 Å². The first kappa shape index (κ1) is 10.2.